The molecule has 1 fully saturated rings. The van der Waals surface area contributed by atoms with E-state index in [4.69, 9.17) is 0 Å². The SMILES string of the molecule is CC(NCC1C(C)(C)C1(C)C)c1ccc(F)c(Br)c1. The summed E-state index contributed by atoms with van der Waals surface area (Å²) in [7, 11) is 0. The van der Waals surface area contributed by atoms with Crippen molar-refractivity contribution in [2.75, 3.05) is 6.54 Å². The second-order valence-corrected chi connectivity index (χ2v) is 7.65. The van der Waals surface area contributed by atoms with Crippen LogP contribution in [0.15, 0.2) is 22.7 Å². The molecule has 2 rings (SSSR count). The summed E-state index contributed by atoms with van der Waals surface area (Å²) in [5.74, 6) is 0.492. The lowest BCUT2D eigenvalue weighted by Crippen LogP contribution is -2.23. The average molecular weight is 328 g/mol. The quantitative estimate of drug-likeness (QED) is 0.827. The summed E-state index contributed by atoms with van der Waals surface area (Å²) in [6, 6.07) is 5.46. The van der Waals surface area contributed by atoms with Crippen LogP contribution in [0.5, 0.6) is 0 Å². The number of nitrogens with one attached hydrogen (secondary N) is 1. The fourth-order valence-electron chi connectivity index (χ4n) is 3.04. The molecule has 0 amide bonds. The molecule has 0 saturated heterocycles. The second-order valence-electron chi connectivity index (χ2n) is 6.80. The van der Waals surface area contributed by atoms with E-state index in [1.165, 1.54) is 6.07 Å². The zero-order chi connectivity index (χ0) is 14.4. The normalized spacial score (nSPS) is 22.3. The van der Waals surface area contributed by atoms with Crippen molar-refractivity contribution in [3.05, 3.63) is 34.1 Å². The van der Waals surface area contributed by atoms with Gasteiger partial charge >= 0.3 is 0 Å². The summed E-state index contributed by atoms with van der Waals surface area (Å²) >= 11 is 3.24. The van der Waals surface area contributed by atoms with Crippen molar-refractivity contribution in [1.29, 1.82) is 0 Å². The van der Waals surface area contributed by atoms with Crippen molar-refractivity contribution >= 4 is 15.9 Å². The van der Waals surface area contributed by atoms with Crippen molar-refractivity contribution in [3.8, 4) is 0 Å². The molecule has 1 aromatic rings. The molecular formula is C16H23BrFN. The number of hydrogen-bond donors (Lipinski definition) is 1. The minimum atomic E-state index is -0.208. The molecule has 1 saturated carbocycles. The molecule has 106 valence electrons. The molecule has 0 spiro atoms. The number of rotatable bonds is 4. The van der Waals surface area contributed by atoms with Gasteiger partial charge in [-0.1, -0.05) is 33.8 Å². The molecule has 1 nitrogen and oxygen atoms in total. The van der Waals surface area contributed by atoms with E-state index in [2.05, 4.69) is 55.9 Å². The highest BCUT2D eigenvalue weighted by atomic mass is 79.9. The Morgan fingerprint density at radius 3 is 2.32 bits per heavy atom. The lowest BCUT2D eigenvalue weighted by atomic mass is 10.0. The van der Waals surface area contributed by atoms with Crippen molar-refractivity contribution < 1.29 is 4.39 Å². The molecule has 0 heterocycles. The van der Waals surface area contributed by atoms with Crippen LogP contribution in [0.4, 0.5) is 4.39 Å². The molecular weight excluding hydrogens is 305 g/mol. The Kier molecular flexibility index (Phi) is 3.83. The fourth-order valence-corrected chi connectivity index (χ4v) is 3.43. The van der Waals surface area contributed by atoms with Gasteiger partial charge in [-0.05, 0) is 63.8 Å². The predicted octanol–water partition coefficient (Wildman–Crippen LogP) is 4.92. The molecule has 1 aliphatic carbocycles. The third-order valence-electron chi connectivity index (χ3n) is 5.39. The maximum Gasteiger partial charge on any atom is 0.137 e. The van der Waals surface area contributed by atoms with Crippen molar-refractivity contribution in [3.63, 3.8) is 0 Å². The summed E-state index contributed by atoms with van der Waals surface area (Å²) in [5, 5.41) is 3.58. The van der Waals surface area contributed by atoms with Gasteiger partial charge in [0.1, 0.15) is 5.82 Å². The van der Waals surface area contributed by atoms with E-state index in [0.717, 1.165) is 12.1 Å². The Morgan fingerprint density at radius 2 is 1.84 bits per heavy atom. The first kappa shape index (κ1) is 15.0. The first-order valence-corrected chi connectivity index (χ1v) is 7.65. The van der Waals surface area contributed by atoms with Crippen molar-refractivity contribution in [2.24, 2.45) is 16.7 Å². The first-order valence-electron chi connectivity index (χ1n) is 6.86. The van der Waals surface area contributed by atoms with E-state index in [9.17, 15) is 4.39 Å². The highest BCUT2D eigenvalue weighted by Gasteiger charge is 2.63. The monoisotopic (exact) mass is 327 g/mol. The predicted molar refractivity (Wildman–Crippen MR) is 81.6 cm³/mol. The third kappa shape index (κ3) is 2.59. The van der Waals surface area contributed by atoms with Crippen LogP contribution in [0, 0.1) is 22.6 Å². The molecule has 1 aliphatic rings. The number of benzene rings is 1. The van der Waals surface area contributed by atoms with Crippen LogP contribution in [0.3, 0.4) is 0 Å². The maximum atomic E-state index is 13.2. The van der Waals surface area contributed by atoms with E-state index in [1.54, 1.807) is 0 Å². The van der Waals surface area contributed by atoms with Crippen LogP contribution in [-0.2, 0) is 0 Å². The minimum absolute atomic E-state index is 0.208. The summed E-state index contributed by atoms with van der Waals surface area (Å²) in [6.07, 6.45) is 0. The van der Waals surface area contributed by atoms with Gasteiger partial charge in [0.15, 0.2) is 0 Å². The third-order valence-corrected chi connectivity index (χ3v) is 6.00. The zero-order valence-electron chi connectivity index (χ0n) is 12.3. The summed E-state index contributed by atoms with van der Waals surface area (Å²) in [6.45, 7) is 12.5. The van der Waals surface area contributed by atoms with Gasteiger partial charge in [0.05, 0.1) is 4.47 Å². The summed E-state index contributed by atoms with van der Waals surface area (Å²) < 4.78 is 13.8. The topological polar surface area (TPSA) is 12.0 Å². The van der Waals surface area contributed by atoms with Gasteiger partial charge < -0.3 is 5.32 Å². The molecule has 1 N–H and O–H groups in total. The maximum absolute atomic E-state index is 13.2. The van der Waals surface area contributed by atoms with E-state index >= 15 is 0 Å². The Morgan fingerprint density at radius 1 is 1.26 bits per heavy atom. The van der Waals surface area contributed by atoms with Crippen LogP contribution in [0.25, 0.3) is 0 Å². The molecule has 1 atom stereocenters. The molecule has 3 heteroatoms. The largest absolute Gasteiger partial charge is 0.310 e. The fraction of sp³-hybridized carbons (Fsp3) is 0.625. The summed E-state index contributed by atoms with van der Waals surface area (Å²) in [4.78, 5) is 0. The Balaban J connectivity index is 1.96. The molecule has 1 unspecified atom stereocenters. The van der Waals surface area contributed by atoms with Gasteiger partial charge in [-0.2, -0.15) is 0 Å². The highest BCUT2D eigenvalue weighted by Crippen LogP contribution is 2.68. The van der Waals surface area contributed by atoms with Gasteiger partial charge in [0, 0.05) is 6.04 Å². The van der Waals surface area contributed by atoms with E-state index in [-0.39, 0.29) is 11.9 Å². The van der Waals surface area contributed by atoms with E-state index < -0.39 is 0 Å². The van der Waals surface area contributed by atoms with Gasteiger partial charge in [-0.3, -0.25) is 0 Å². The Hall–Kier alpha value is -0.410. The molecule has 0 bridgehead atoms. The van der Waals surface area contributed by atoms with Crippen LogP contribution in [0.2, 0.25) is 0 Å². The van der Waals surface area contributed by atoms with Gasteiger partial charge in [0.25, 0.3) is 0 Å². The highest BCUT2D eigenvalue weighted by molar-refractivity contribution is 9.10. The second kappa shape index (κ2) is 4.85. The minimum Gasteiger partial charge on any atom is -0.310 e. The Bertz CT molecular complexity index is 468. The Labute approximate surface area is 124 Å². The van der Waals surface area contributed by atoms with Crippen LogP contribution >= 0.6 is 15.9 Å². The number of hydrogen-bond acceptors (Lipinski definition) is 1. The van der Waals surface area contributed by atoms with E-state index in [0.29, 0.717) is 21.2 Å². The molecule has 19 heavy (non-hydrogen) atoms. The smallest absolute Gasteiger partial charge is 0.137 e. The van der Waals surface area contributed by atoms with Gasteiger partial charge in [0.2, 0.25) is 0 Å². The first-order chi connectivity index (χ1) is 8.68. The van der Waals surface area contributed by atoms with Crippen molar-refractivity contribution in [2.45, 2.75) is 40.7 Å². The van der Waals surface area contributed by atoms with E-state index in [1.807, 2.05) is 12.1 Å². The average Bonchev–Trinajstić information content (AvgIpc) is 2.70. The molecule has 0 radical (unpaired) electrons. The summed E-state index contributed by atoms with van der Waals surface area (Å²) in [5.41, 5.74) is 1.93. The van der Waals surface area contributed by atoms with Crippen LogP contribution < -0.4 is 5.32 Å². The van der Waals surface area contributed by atoms with Gasteiger partial charge in [-0.25, -0.2) is 4.39 Å². The molecule has 1 aromatic carbocycles. The molecule has 0 aromatic heterocycles. The van der Waals surface area contributed by atoms with Gasteiger partial charge in [-0.15, -0.1) is 0 Å². The van der Waals surface area contributed by atoms with Crippen LogP contribution in [0.1, 0.15) is 46.2 Å². The zero-order valence-corrected chi connectivity index (χ0v) is 13.9. The number of halogens is 2. The lowest BCUT2D eigenvalue weighted by molar-refractivity contribution is 0.457. The lowest BCUT2D eigenvalue weighted by Gasteiger charge is -2.15. The standard InChI is InChI=1S/C16H23BrFN/c1-10(11-6-7-13(18)12(17)8-11)19-9-14-15(2,3)16(14,4)5/h6-8,10,14,19H,9H2,1-5H3. The van der Waals surface area contributed by atoms with Crippen LogP contribution in [-0.4, -0.2) is 6.54 Å². The van der Waals surface area contributed by atoms with Crippen molar-refractivity contribution in [1.82, 2.24) is 5.32 Å². The molecule has 0 aliphatic heterocycles.